The largest absolute Gasteiger partial charge is 0.480 e. The van der Waals surface area contributed by atoms with Gasteiger partial charge in [-0.25, -0.2) is 14.8 Å². The highest BCUT2D eigenvalue weighted by atomic mass is 16.4. The van der Waals surface area contributed by atoms with Gasteiger partial charge in [0.15, 0.2) is 0 Å². The van der Waals surface area contributed by atoms with Crippen LogP contribution in [0, 0.1) is 19.8 Å². The predicted octanol–water partition coefficient (Wildman–Crippen LogP) is 2.00. The third kappa shape index (κ3) is 3.69. The van der Waals surface area contributed by atoms with Crippen molar-refractivity contribution in [2.45, 2.75) is 40.2 Å². The number of carboxylic acids is 1. The molecule has 0 saturated heterocycles. The smallest absolute Gasteiger partial charge is 0.326 e. The molecule has 1 aromatic rings. The SMILES string of the molecule is CC[C@@H](C)[C@@H](Nc1nc(C)cc(C)n1)C(=O)O. The van der Waals surface area contributed by atoms with Crippen molar-refractivity contribution in [3.05, 3.63) is 17.5 Å². The molecule has 0 aliphatic rings. The summed E-state index contributed by atoms with van der Waals surface area (Å²) < 4.78 is 0. The molecule has 5 nitrogen and oxygen atoms in total. The highest BCUT2D eigenvalue weighted by Gasteiger charge is 2.24. The molecule has 0 unspecified atom stereocenters. The van der Waals surface area contributed by atoms with Crippen LogP contribution in [0.15, 0.2) is 6.07 Å². The van der Waals surface area contributed by atoms with Gasteiger partial charge in [0.25, 0.3) is 0 Å². The minimum absolute atomic E-state index is 0.0249. The molecule has 1 aromatic heterocycles. The number of nitrogens with one attached hydrogen (secondary N) is 1. The molecule has 1 rings (SSSR count). The number of anilines is 1. The van der Waals surface area contributed by atoms with Crippen molar-refractivity contribution in [3.63, 3.8) is 0 Å². The summed E-state index contributed by atoms with van der Waals surface area (Å²) in [5.74, 6) is -0.464. The van der Waals surface area contributed by atoms with Crippen molar-refractivity contribution in [2.24, 2.45) is 5.92 Å². The summed E-state index contributed by atoms with van der Waals surface area (Å²) in [5.41, 5.74) is 1.65. The van der Waals surface area contributed by atoms with E-state index in [0.29, 0.717) is 5.95 Å². The second-order valence-electron chi connectivity index (χ2n) is 4.32. The van der Waals surface area contributed by atoms with Gasteiger partial charge in [0.1, 0.15) is 6.04 Å². The van der Waals surface area contributed by atoms with Crippen LogP contribution in [0.5, 0.6) is 0 Å². The van der Waals surface area contributed by atoms with Gasteiger partial charge in [-0.2, -0.15) is 0 Å². The van der Waals surface area contributed by atoms with Crippen LogP contribution in [-0.4, -0.2) is 27.1 Å². The fourth-order valence-electron chi connectivity index (χ4n) is 1.61. The zero-order chi connectivity index (χ0) is 13.0. The Morgan fingerprint density at radius 2 is 1.94 bits per heavy atom. The quantitative estimate of drug-likeness (QED) is 0.819. The number of aliphatic carboxylic acids is 1. The maximum atomic E-state index is 11.2. The van der Waals surface area contributed by atoms with E-state index in [-0.39, 0.29) is 5.92 Å². The Kier molecular flexibility index (Phi) is 4.43. The molecular weight excluding hydrogens is 218 g/mol. The highest BCUT2D eigenvalue weighted by molar-refractivity contribution is 5.76. The molecule has 0 saturated carbocycles. The van der Waals surface area contributed by atoms with Crippen LogP contribution in [-0.2, 0) is 4.79 Å². The molecule has 1 heterocycles. The van der Waals surface area contributed by atoms with Gasteiger partial charge in [-0.05, 0) is 25.8 Å². The normalized spacial score (nSPS) is 14.1. The van der Waals surface area contributed by atoms with E-state index in [1.807, 2.05) is 33.8 Å². The van der Waals surface area contributed by atoms with Crippen molar-refractivity contribution < 1.29 is 9.90 Å². The summed E-state index contributed by atoms with van der Waals surface area (Å²) in [7, 11) is 0. The Labute approximate surface area is 101 Å². The zero-order valence-electron chi connectivity index (χ0n) is 10.7. The van der Waals surface area contributed by atoms with Crippen LogP contribution in [0.2, 0.25) is 0 Å². The highest BCUT2D eigenvalue weighted by Crippen LogP contribution is 2.13. The van der Waals surface area contributed by atoms with Gasteiger partial charge in [-0.15, -0.1) is 0 Å². The molecule has 5 heteroatoms. The number of aryl methyl sites for hydroxylation is 2. The summed E-state index contributed by atoms with van der Waals surface area (Å²) in [4.78, 5) is 19.5. The lowest BCUT2D eigenvalue weighted by molar-refractivity contribution is -0.139. The summed E-state index contributed by atoms with van der Waals surface area (Å²) in [6.45, 7) is 7.58. The van der Waals surface area contributed by atoms with E-state index in [4.69, 9.17) is 5.11 Å². The van der Waals surface area contributed by atoms with Crippen molar-refractivity contribution in [1.29, 1.82) is 0 Å². The Morgan fingerprint density at radius 3 is 2.35 bits per heavy atom. The first-order chi connectivity index (χ1) is 7.93. The van der Waals surface area contributed by atoms with E-state index in [9.17, 15) is 4.79 Å². The number of carbonyl (C=O) groups is 1. The summed E-state index contributed by atoms with van der Waals surface area (Å²) in [5, 5.41) is 12.0. The minimum Gasteiger partial charge on any atom is -0.480 e. The number of hydrogen-bond acceptors (Lipinski definition) is 4. The average molecular weight is 237 g/mol. The molecule has 94 valence electrons. The second kappa shape index (κ2) is 5.61. The van der Waals surface area contributed by atoms with Crippen LogP contribution in [0.4, 0.5) is 5.95 Å². The van der Waals surface area contributed by atoms with Crippen molar-refractivity contribution >= 4 is 11.9 Å². The van der Waals surface area contributed by atoms with E-state index in [0.717, 1.165) is 17.8 Å². The van der Waals surface area contributed by atoms with E-state index in [1.54, 1.807) is 0 Å². The second-order valence-corrected chi connectivity index (χ2v) is 4.32. The molecule has 0 radical (unpaired) electrons. The van der Waals surface area contributed by atoms with Crippen molar-refractivity contribution in [1.82, 2.24) is 9.97 Å². The predicted molar refractivity (Wildman–Crippen MR) is 66.0 cm³/mol. The monoisotopic (exact) mass is 237 g/mol. The maximum Gasteiger partial charge on any atom is 0.326 e. The Bertz CT molecular complexity index is 386. The Hall–Kier alpha value is -1.65. The van der Waals surface area contributed by atoms with E-state index in [2.05, 4.69) is 15.3 Å². The van der Waals surface area contributed by atoms with E-state index >= 15 is 0 Å². The first-order valence-corrected chi connectivity index (χ1v) is 5.75. The zero-order valence-corrected chi connectivity index (χ0v) is 10.7. The lowest BCUT2D eigenvalue weighted by atomic mass is 9.99. The third-order valence-electron chi connectivity index (χ3n) is 2.75. The number of hydrogen-bond donors (Lipinski definition) is 2. The van der Waals surface area contributed by atoms with Gasteiger partial charge in [-0.1, -0.05) is 20.3 Å². The molecule has 0 aromatic carbocycles. The Morgan fingerprint density at radius 1 is 1.41 bits per heavy atom. The molecule has 0 bridgehead atoms. The topological polar surface area (TPSA) is 75.1 Å². The molecule has 2 N–H and O–H groups in total. The van der Waals surface area contributed by atoms with Gasteiger partial charge in [-0.3, -0.25) is 0 Å². The van der Waals surface area contributed by atoms with Gasteiger partial charge < -0.3 is 10.4 Å². The molecular formula is C12H19N3O2. The number of carboxylic acid groups (broad SMARTS) is 1. The lowest BCUT2D eigenvalue weighted by Gasteiger charge is -2.20. The Balaban J connectivity index is 2.89. The maximum absolute atomic E-state index is 11.2. The number of aromatic nitrogens is 2. The molecule has 0 amide bonds. The van der Waals surface area contributed by atoms with Crippen molar-refractivity contribution in [2.75, 3.05) is 5.32 Å². The summed E-state index contributed by atoms with van der Waals surface area (Å²) in [6.07, 6.45) is 0.786. The first kappa shape index (κ1) is 13.4. The van der Waals surface area contributed by atoms with Gasteiger partial charge in [0, 0.05) is 11.4 Å². The van der Waals surface area contributed by atoms with Crippen LogP contribution >= 0.6 is 0 Å². The standard InChI is InChI=1S/C12H19N3O2/c1-5-7(2)10(11(16)17)15-12-13-8(3)6-9(4)14-12/h6-7,10H,5H2,1-4H3,(H,16,17)(H,13,14,15)/t7-,10-/m1/s1. The fourth-order valence-corrected chi connectivity index (χ4v) is 1.61. The van der Waals surface area contributed by atoms with Gasteiger partial charge >= 0.3 is 5.97 Å². The first-order valence-electron chi connectivity index (χ1n) is 5.75. The molecule has 0 aliphatic carbocycles. The number of rotatable bonds is 5. The number of nitrogens with zero attached hydrogens (tertiary/aromatic N) is 2. The molecule has 2 atom stereocenters. The lowest BCUT2D eigenvalue weighted by Crippen LogP contribution is -2.36. The van der Waals surface area contributed by atoms with Crippen LogP contribution in [0.1, 0.15) is 31.7 Å². The molecule has 0 aliphatic heterocycles. The summed E-state index contributed by atoms with van der Waals surface area (Å²) in [6, 6.07) is 1.20. The minimum atomic E-state index is -0.873. The van der Waals surface area contributed by atoms with Crippen LogP contribution < -0.4 is 5.32 Å². The van der Waals surface area contributed by atoms with Gasteiger partial charge in [0.05, 0.1) is 0 Å². The third-order valence-corrected chi connectivity index (χ3v) is 2.75. The van der Waals surface area contributed by atoms with E-state index < -0.39 is 12.0 Å². The molecule has 0 fully saturated rings. The van der Waals surface area contributed by atoms with Crippen LogP contribution in [0.3, 0.4) is 0 Å². The molecule has 0 spiro atoms. The molecule has 17 heavy (non-hydrogen) atoms. The van der Waals surface area contributed by atoms with Crippen LogP contribution in [0.25, 0.3) is 0 Å². The van der Waals surface area contributed by atoms with Gasteiger partial charge in [0.2, 0.25) is 5.95 Å². The van der Waals surface area contributed by atoms with E-state index in [1.165, 1.54) is 0 Å². The summed E-state index contributed by atoms with van der Waals surface area (Å²) >= 11 is 0. The fraction of sp³-hybridized carbons (Fsp3) is 0.583. The van der Waals surface area contributed by atoms with Crippen molar-refractivity contribution in [3.8, 4) is 0 Å². The average Bonchev–Trinajstić information content (AvgIpc) is 2.23.